The quantitative estimate of drug-likeness (QED) is 0.755. The van der Waals surface area contributed by atoms with Gasteiger partial charge in [-0.2, -0.15) is 0 Å². The fourth-order valence-corrected chi connectivity index (χ4v) is 1.69. The van der Waals surface area contributed by atoms with E-state index in [-0.39, 0.29) is 18.1 Å². The smallest absolute Gasteiger partial charge is 0.254 e. The Morgan fingerprint density at radius 1 is 1.30 bits per heavy atom. The van der Waals surface area contributed by atoms with Gasteiger partial charge in [-0.3, -0.25) is 4.79 Å². The van der Waals surface area contributed by atoms with Crippen LogP contribution in [0.4, 0.5) is 5.69 Å². The van der Waals surface area contributed by atoms with E-state index in [9.17, 15) is 4.79 Å². The first-order valence-corrected chi connectivity index (χ1v) is 6.03. The number of carbonyl (C=O) groups is 1. The number of nitrogen functional groups attached to an aromatic ring is 1. The highest BCUT2D eigenvalue weighted by Crippen LogP contribution is 2.24. The lowest BCUT2D eigenvalue weighted by atomic mass is 10.1. The molecule has 0 radical (unpaired) electrons. The molecule has 104 valence electrons. The summed E-state index contributed by atoms with van der Waals surface area (Å²) in [7, 11) is 0. The number of hydrogen-bond donors (Lipinski definition) is 3. The van der Waals surface area contributed by atoms with Gasteiger partial charge in [-0.05, 0) is 30.2 Å². The Morgan fingerprint density at radius 3 is 2.60 bits per heavy atom. The molecule has 1 aromatic carbocycles. The lowest BCUT2D eigenvalue weighted by Crippen LogP contribution is -2.13. The van der Waals surface area contributed by atoms with Crippen molar-refractivity contribution in [2.24, 2.45) is 5.73 Å². The first-order valence-electron chi connectivity index (χ1n) is 6.03. The Kier molecular flexibility index (Phi) is 4.17. The van der Waals surface area contributed by atoms with Gasteiger partial charge in [0.05, 0.1) is 11.9 Å². The monoisotopic (exact) mass is 273 g/mol. The van der Waals surface area contributed by atoms with Crippen LogP contribution in [0.1, 0.15) is 15.9 Å². The lowest BCUT2D eigenvalue weighted by Gasteiger charge is -2.09. The second-order valence-electron chi connectivity index (χ2n) is 4.21. The van der Waals surface area contributed by atoms with Crippen molar-refractivity contribution in [1.82, 2.24) is 4.98 Å². The van der Waals surface area contributed by atoms with Crippen molar-refractivity contribution in [2.75, 3.05) is 12.3 Å². The fraction of sp³-hybridized carbons (Fsp3) is 0.143. The van der Waals surface area contributed by atoms with Crippen molar-refractivity contribution >= 4 is 11.6 Å². The molecule has 1 aromatic heterocycles. The molecule has 1 amide bonds. The van der Waals surface area contributed by atoms with Crippen molar-refractivity contribution in [3.8, 4) is 11.6 Å². The van der Waals surface area contributed by atoms with E-state index >= 15 is 0 Å². The zero-order valence-corrected chi connectivity index (χ0v) is 10.7. The van der Waals surface area contributed by atoms with Gasteiger partial charge in [-0.25, -0.2) is 4.98 Å². The molecule has 0 aliphatic heterocycles. The SMILES string of the molecule is NC(=O)c1cc(N)cnc1Oc1ccc(CCO)cc1. The molecule has 5 N–H and O–H groups in total. The number of pyridine rings is 1. The molecule has 0 aliphatic rings. The summed E-state index contributed by atoms with van der Waals surface area (Å²) >= 11 is 0. The average molecular weight is 273 g/mol. The second-order valence-corrected chi connectivity index (χ2v) is 4.21. The van der Waals surface area contributed by atoms with Crippen molar-refractivity contribution in [1.29, 1.82) is 0 Å². The minimum absolute atomic E-state index is 0.0888. The molecule has 6 heteroatoms. The topological polar surface area (TPSA) is 111 Å². The third-order valence-electron chi connectivity index (χ3n) is 2.68. The molecule has 0 aliphatic carbocycles. The Hall–Kier alpha value is -2.60. The van der Waals surface area contributed by atoms with E-state index in [1.54, 1.807) is 12.1 Å². The van der Waals surface area contributed by atoms with Crippen LogP contribution in [-0.4, -0.2) is 22.6 Å². The third kappa shape index (κ3) is 3.24. The molecule has 0 bridgehead atoms. The van der Waals surface area contributed by atoms with Gasteiger partial charge in [0.2, 0.25) is 5.88 Å². The number of aliphatic hydroxyl groups excluding tert-OH is 1. The normalized spacial score (nSPS) is 10.2. The Bertz CT molecular complexity index is 612. The van der Waals surface area contributed by atoms with Crippen LogP contribution in [0, 0.1) is 0 Å². The van der Waals surface area contributed by atoms with Gasteiger partial charge in [0.1, 0.15) is 11.3 Å². The number of aromatic nitrogens is 1. The van der Waals surface area contributed by atoms with Crippen LogP contribution in [0.15, 0.2) is 36.5 Å². The number of nitrogens with two attached hydrogens (primary N) is 2. The molecule has 2 aromatic rings. The Balaban J connectivity index is 2.23. The Morgan fingerprint density at radius 2 is 2.00 bits per heavy atom. The van der Waals surface area contributed by atoms with Crippen LogP contribution >= 0.6 is 0 Å². The van der Waals surface area contributed by atoms with Crippen molar-refractivity contribution in [3.05, 3.63) is 47.7 Å². The van der Waals surface area contributed by atoms with Gasteiger partial charge < -0.3 is 21.3 Å². The molecule has 6 nitrogen and oxygen atoms in total. The van der Waals surface area contributed by atoms with Crippen LogP contribution < -0.4 is 16.2 Å². The number of amides is 1. The summed E-state index contributed by atoms with van der Waals surface area (Å²) in [5.41, 5.74) is 12.3. The maximum atomic E-state index is 11.3. The van der Waals surface area contributed by atoms with Crippen LogP contribution in [0.5, 0.6) is 11.6 Å². The number of anilines is 1. The van der Waals surface area contributed by atoms with E-state index in [1.807, 2.05) is 12.1 Å². The molecule has 0 spiro atoms. The largest absolute Gasteiger partial charge is 0.438 e. The van der Waals surface area contributed by atoms with Gasteiger partial charge in [0, 0.05) is 6.61 Å². The summed E-state index contributed by atoms with van der Waals surface area (Å²) in [5, 5.41) is 8.84. The molecule has 0 saturated carbocycles. The van der Waals surface area contributed by atoms with Crippen LogP contribution in [0.25, 0.3) is 0 Å². The number of primary amides is 1. The summed E-state index contributed by atoms with van der Waals surface area (Å²) in [4.78, 5) is 15.3. The molecule has 0 saturated heterocycles. The van der Waals surface area contributed by atoms with Crippen LogP contribution in [0.3, 0.4) is 0 Å². The molecular formula is C14H15N3O3. The van der Waals surface area contributed by atoms with Crippen LogP contribution in [0.2, 0.25) is 0 Å². The fourth-order valence-electron chi connectivity index (χ4n) is 1.69. The number of benzene rings is 1. The van der Waals surface area contributed by atoms with E-state index in [4.69, 9.17) is 21.3 Å². The number of rotatable bonds is 5. The number of aliphatic hydroxyl groups is 1. The zero-order valence-electron chi connectivity index (χ0n) is 10.7. The van der Waals surface area contributed by atoms with Gasteiger partial charge in [0.15, 0.2) is 0 Å². The predicted molar refractivity (Wildman–Crippen MR) is 74.5 cm³/mol. The zero-order chi connectivity index (χ0) is 14.5. The average Bonchev–Trinajstić information content (AvgIpc) is 2.43. The molecule has 2 rings (SSSR count). The highest BCUT2D eigenvalue weighted by molar-refractivity contribution is 5.95. The van der Waals surface area contributed by atoms with E-state index in [2.05, 4.69) is 4.98 Å². The third-order valence-corrected chi connectivity index (χ3v) is 2.68. The van der Waals surface area contributed by atoms with E-state index in [0.717, 1.165) is 5.56 Å². The Labute approximate surface area is 116 Å². The van der Waals surface area contributed by atoms with Gasteiger partial charge in [-0.1, -0.05) is 12.1 Å². The van der Waals surface area contributed by atoms with E-state index in [1.165, 1.54) is 12.3 Å². The lowest BCUT2D eigenvalue weighted by molar-refractivity contribution is 0.0997. The summed E-state index contributed by atoms with van der Waals surface area (Å²) in [5.74, 6) is -0.0234. The summed E-state index contributed by atoms with van der Waals surface area (Å²) in [6.45, 7) is 0.0888. The first kappa shape index (κ1) is 13.8. The van der Waals surface area contributed by atoms with Crippen molar-refractivity contribution in [2.45, 2.75) is 6.42 Å². The minimum atomic E-state index is -0.656. The second kappa shape index (κ2) is 6.03. The molecular weight excluding hydrogens is 258 g/mol. The summed E-state index contributed by atoms with van der Waals surface area (Å²) < 4.78 is 5.53. The highest BCUT2D eigenvalue weighted by atomic mass is 16.5. The van der Waals surface area contributed by atoms with Gasteiger partial charge in [0.25, 0.3) is 5.91 Å². The van der Waals surface area contributed by atoms with Crippen molar-refractivity contribution < 1.29 is 14.6 Å². The minimum Gasteiger partial charge on any atom is -0.438 e. The molecule has 20 heavy (non-hydrogen) atoms. The molecule has 0 atom stereocenters. The number of ether oxygens (including phenoxy) is 1. The number of nitrogens with zero attached hydrogens (tertiary/aromatic N) is 1. The molecule has 1 heterocycles. The maximum Gasteiger partial charge on any atom is 0.254 e. The number of hydrogen-bond acceptors (Lipinski definition) is 5. The van der Waals surface area contributed by atoms with Gasteiger partial charge >= 0.3 is 0 Å². The standard InChI is InChI=1S/C14H15N3O3/c15-10-7-12(13(16)19)14(17-8-10)20-11-3-1-9(2-4-11)5-6-18/h1-4,7-8,18H,5-6,15H2,(H2,16,19). The van der Waals surface area contributed by atoms with Gasteiger partial charge in [-0.15, -0.1) is 0 Å². The molecule has 0 fully saturated rings. The van der Waals surface area contributed by atoms with Crippen molar-refractivity contribution in [3.63, 3.8) is 0 Å². The van der Waals surface area contributed by atoms with E-state index in [0.29, 0.717) is 17.9 Å². The summed E-state index contributed by atoms with van der Waals surface area (Å²) in [6, 6.07) is 8.53. The highest BCUT2D eigenvalue weighted by Gasteiger charge is 2.12. The van der Waals surface area contributed by atoms with Crippen LogP contribution in [-0.2, 0) is 6.42 Å². The van der Waals surface area contributed by atoms with E-state index < -0.39 is 5.91 Å². The summed E-state index contributed by atoms with van der Waals surface area (Å²) in [6.07, 6.45) is 1.97. The predicted octanol–water partition coefficient (Wildman–Crippen LogP) is 1.09. The number of carbonyl (C=O) groups excluding carboxylic acids is 1. The molecule has 0 unspecified atom stereocenters. The first-order chi connectivity index (χ1) is 9.60. The maximum absolute atomic E-state index is 11.3.